The number of rotatable bonds is 1. The maximum absolute atomic E-state index is 12.6. The van der Waals surface area contributed by atoms with Crippen LogP contribution in [-0.4, -0.2) is 41.8 Å². The quantitative estimate of drug-likeness (QED) is 0.0673. The van der Waals surface area contributed by atoms with Crippen LogP contribution < -0.4 is 21.7 Å². The Bertz CT molecular complexity index is 2740. The van der Waals surface area contributed by atoms with Gasteiger partial charge in [-0.3, -0.25) is 28.9 Å². The molecule has 1 fully saturated rings. The Morgan fingerprint density at radius 1 is 0.706 bits per heavy atom. The number of aromatic amines is 3. The normalized spacial score (nSPS) is 14.8. The van der Waals surface area contributed by atoms with E-state index >= 15 is 0 Å². The molecule has 0 bridgehead atoms. The summed E-state index contributed by atoms with van der Waals surface area (Å²) in [6.07, 6.45) is 9.11. The number of imidazole rings is 1. The topological polar surface area (TPSA) is 149 Å². The Balaban J connectivity index is 0.000000120. The second kappa shape index (κ2) is 12.4. The number of thiocarbonyl (C=S) groups is 1. The van der Waals surface area contributed by atoms with Crippen molar-refractivity contribution in [1.29, 1.82) is 0 Å². The van der Waals surface area contributed by atoms with Crippen LogP contribution in [0.1, 0.15) is 59.2 Å². The van der Waals surface area contributed by atoms with Crippen LogP contribution in [0.2, 0.25) is 0 Å². The van der Waals surface area contributed by atoms with Crippen LogP contribution in [0.4, 0.5) is 0 Å². The van der Waals surface area contributed by atoms with Crippen LogP contribution >= 0.6 is 24.8 Å². The highest BCUT2D eigenvalue weighted by Crippen LogP contribution is 2.37. The lowest BCUT2D eigenvalue weighted by Gasteiger charge is -2.30. The Hall–Kier alpha value is -5.46. The first-order chi connectivity index (χ1) is 24.6. The number of benzene rings is 5. The summed E-state index contributed by atoms with van der Waals surface area (Å²) in [5, 5.41) is 3.39. The number of nitrogens with zero attached hydrogens (tertiary/aromatic N) is 2. The molecule has 1 aliphatic carbocycles. The summed E-state index contributed by atoms with van der Waals surface area (Å²) >= 11 is 9.53. The minimum Gasteiger partial charge on any atom is -0.360 e. The fraction of sp³-hybridized carbons (Fsp3) is 0.205. The molecule has 1 aliphatic heterocycles. The predicted molar refractivity (Wildman–Crippen MR) is 208 cm³/mol. The number of aryl methyl sites for hydroxylation is 2. The van der Waals surface area contributed by atoms with Gasteiger partial charge in [0.25, 0.3) is 5.91 Å². The standard InChI is InChI=1S/C18H10N2O4.C14H15NOS.C7H6N2S/c1-5-13-9-7(3-19-13)12-10-8(11(9)17(23)15(5)21)4-20-14(10)6(2)16(22)18(12)24;16-13-11-8-4-5-9-12(11)14(17)15(13)10-6-2-1-3-7-10;10-7-8-5-3-1-2-4-6(5)9-7/h3-4,19-20H,1-2H3;4-5,8-10H,1-3,6-7H2;1-4H,(H2,8,9,10). The molecule has 0 radical (unpaired) electrons. The molecule has 51 heavy (non-hydrogen) atoms. The van der Waals surface area contributed by atoms with Crippen LogP contribution in [0.15, 0.2) is 85.3 Å². The van der Waals surface area contributed by atoms with E-state index in [0.29, 0.717) is 65.7 Å². The number of carbonyl (C=O) groups excluding carboxylic acids is 1. The third-order valence-corrected chi connectivity index (χ3v) is 10.9. The monoisotopic (exact) mass is 713 g/mol. The maximum Gasteiger partial charge on any atom is 0.259 e. The zero-order chi connectivity index (χ0) is 35.7. The summed E-state index contributed by atoms with van der Waals surface area (Å²) < 4.78 is 0. The molecule has 0 spiro atoms. The summed E-state index contributed by atoms with van der Waals surface area (Å²) in [5.74, 6) is 0.109. The van der Waals surface area contributed by atoms with Gasteiger partial charge in [-0.1, -0.05) is 61.8 Å². The molecule has 10 rings (SSSR count). The molecule has 2 aliphatic rings. The summed E-state index contributed by atoms with van der Waals surface area (Å²) in [7, 11) is 0. The van der Waals surface area contributed by atoms with E-state index in [0.717, 1.165) is 40.0 Å². The highest BCUT2D eigenvalue weighted by atomic mass is 32.1. The smallest absolute Gasteiger partial charge is 0.259 e. The number of H-pyrrole nitrogens is 3. The number of carbonyl (C=O) groups is 1. The zero-order valence-electron chi connectivity index (χ0n) is 27.7. The molecule has 1 amide bonds. The van der Waals surface area contributed by atoms with E-state index in [9.17, 15) is 24.0 Å². The number of thiol groups is 1. The van der Waals surface area contributed by atoms with E-state index < -0.39 is 21.7 Å². The van der Waals surface area contributed by atoms with E-state index in [2.05, 4.69) is 32.6 Å². The first kappa shape index (κ1) is 32.7. The molecule has 0 atom stereocenters. The van der Waals surface area contributed by atoms with Gasteiger partial charge in [-0.2, -0.15) is 0 Å². The first-order valence-corrected chi connectivity index (χ1v) is 17.6. The largest absolute Gasteiger partial charge is 0.360 e. The number of para-hydroxylation sites is 2. The van der Waals surface area contributed by atoms with Crippen LogP contribution in [0, 0.1) is 13.8 Å². The fourth-order valence-electron chi connectivity index (χ4n) is 7.71. The summed E-state index contributed by atoms with van der Waals surface area (Å²) in [6.45, 7) is 3.16. The van der Waals surface area contributed by atoms with E-state index in [1.54, 1.807) is 26.2 Å². The van der Waals surface area contributed by atoms with Crippen molar-refractivity contribution in [2.45, 2.75) is 57.1 Å². The molecular formula is C39H31N5O5S2. The minimum absolute atomic E-state index is 0.109. The lowest BCUT2D eigenvalue weighted by atomic mass is 9.93. The van der Waals surface area contributed by atoms with Crippen LogP contribution in [0.5, 0.6) is 0 Å². The Morgan fingerprint density at radius 2 is 1.24 bits per heavy atom. The third-order valence-electron chi connectivity index (χ3n) is 10.2. The Morgan fingerprint density at radius 3 is 1.78 bits per heavy atom. The average molecular weight is 714 g/mol. The first-order valence-electron chi connectivity index (χ1n) is 16.7. The van der Waals surface area contributed by atoms with Crippen molar-refractivity contribution in [3.05, 3.63) is 124 Å². The van der Waals surface area contributed by atoms with Crippen molar-refractivity contribution in [3.8, 4) is 0 Å². The van der Waals surface area contributed by atoms with Gasteiger partial charge in [-0.15, -0.1) is 12.6 Å². The molecule has 4 heterocycles. The third kappa shape index (κ3) is 5.03. The van der Waals surface area contributed by atoms with E-state index in [-0.39, 0.29) is 5.91 Å². The second-order valence-electron chi connectivity index (χ2n) is 13.1. The van der Waals surface area contributed by atoms with Crippen molar-refractivity contribution in [2.24, 2.45) is 0 Å². The van der Waals surface area contributed by atoms with Gasteiger partial charge < -0.3 is 15.0 Å². The number of amides is 1. The number of fused-ring (bicyclic) bond motifs is 4. The molecule has 8 aromatic rings. The summed E-state index contributed by atoms with van der Waals surface area (Å²) in [5.41, 5.74) is 3.18. The number of hydrogen-bond acceptors (Lipinski definition) is 8. The lowest BCUT2D eigenvalue weighted by Crippen LogP contribution is -2.40. The van der Waals surface area contributed by atoms with Crippen molar-refractivity contribution in [3.63, 3.8) is 0 Å². The van der Waals surface area contributed by atoms with Gasteiger partial charge in [0.1, 0.15) is 4.99 Å². The summed E-state index contributed by atoms with van der Waals surface area (Å²) in [4.78, 5) is 77.9. The maximum atomic E-state index is 12.6. The predicted octanol–water partition coefficient (Wildman–Crippen LogP) is 6.33. The van der Waals surface area contributed by atoms with E-state index in [1.165, 1.54) is 19.3 Å². The zero-order valence-corrected chi connectivity index (χ0v) is 29.4. The lowest BCUT2D eigenvalue weighted by molar-refractivity contribution is 0.0795. The molecular weight excluding hydrogens is 683 g/mol. The van der Waals surface area contributed by atoms with Gasteiger partial charge in [-0.05, 0) is 44.9 Å². The second-order valence-corrected chi connectivity index (χ2v) is 13.9. The van der Waals surface area contributed by atoms with Crippen molar-refractivity contribution >= 4 is 90.1 Å². The average Bonchev–Trinajstić information content (AvgIpc) is 3.93. The fourth-order valence-corrected chi connectivity index (χ4v) is 8.34. The number of hydrogen-bond donors (Lipinski definition) is 4. The molecule has 12 heteroatoms. The highest BCUT2D eigenvalue weighted by molar-refractivity contribution is 7.80. The van der Waals surface area contributed by atoms with Crippen molar-refractivity contribution in [2.75, 3.05) is 0 Å². The minimum atomic E-state index is -0.580. The van der Waals surface area contributed by atoms with Crippen molar-refractivity contribution < 1.29 is 4.79 Å². The molecule has 5 aromatic carbocycles. The molecule has 0 saturated heterocycles. The van der Waals surface area contributed by atoms with E-state index in [1.807, 2.05) is 53.4 Å². The van der Waals surface area contributed by atoms with Gasteiger partial charge >= 0.3 is 0 Å². The summed E-state index contributed by atoms with van der Waals surface area (Å²) in [6, 6.07) is 15.9. The molecule has 10 nitrogen and oxygen atoms in total. The van der Waals surface area contributed by atoms with Gasteiger partial charge in [0.15, 0.2) is 5.16 Å². The van der Waals surface area contributed by atoms with Crippen LogP contribution in [0.3, 0.4) is 0 Å². The van der Waals surface area contributed by atoms with Gasteiger partial charge in [-0.25, -0.2) is 4.98 Å². The molecule has 0 unspecified atom stereocenters. The number of nitrogens with one attached hydrogen (secondary N) is 3. The van der Waals surface area contributed by atoms with E-state index in [4.69, 9.17) is 12.2 Å². The van der Waals surface area contributed by atoms with Crippen LogP contribution in [-0.2, 0) is 0 Å². The Labute approximate surface area is 300 Å². The van der Waals surface area contributed by atoms with Gasteiger partial charge in [0.05, 0.1) is 27.6 Å². The van der Waals surface area contributed by atoms with Gasteiger partial charge in [0, 0.05) is 67.4 Å². The van der Waals surface area contributed by atoms with Gasteiger partial charge in [0.2, 0.25) is 21.7 Å². The number of aromatic nitrogens is 4. The highest BCUT2D eigenvalue weighted by Gasteiger charge is 2.37. The Kier molecular flexibility index (Phi) is 7.95. The SMILES string of the molecule is Cc1c(=O)c(=O)c2c3c[nH]c4c(C)c(=O)c(=O)c(c5c[nH]c1c52)c43.O=C1c2ccccc2C(=S)N1C1CCCCC1.Sc1nc2ccccc2[nH]1. The molecule has 3 aromatic heterocycles. The molecule has 1 saturated carbocycles. The molecule has 3 N–H and O–H groups in total. The molecule has 254 valence electrons. The van der Waals surface area contributed by atoms with Crippen molar-refractivity contribution in [1.82, 2.24) is 24.8 Å². The van der Waals surface area contributed by atoms with Crippen LogP contribution in [0.25, 0.3) is 54.4 Å².